The fraction of sp³-hybridized carbons (Fsp3) is 0.0714. The van der Waals surface area contributed by atoms with Crippen LogP contribution >= 0.6 is 0 Å². The van der Waals surface area contributed by atoms with E-state index < -0.39 is 0 Å². The number of aromatic amines is 1. The van der Waals surface area contributed by atoms with Gasteiger partial charge < -0.3 is 15.5 Å². The van der Waals surface area contributed by atoms with Crippen LogP contribution in [0.4, 0.5) is 5.69 Å². The maximum atomic E-state index is 5.82. The normalized spacial score (nSPS) is 10.7. The third-order valence-electron chi connectivity index (χ3n) is 2.87. The van der Waals surface area contributed by atoms with Crippen LogP contribution in [-0.4, -0.2) is 17.1 Å². The largest absolute Gasteiger partial charge is 0.496 e. The predicted octanol–water partition coefficient (Wildman–Crippen LogP) is 2.82. The number of rotatable bonds is 2. The van der Waals surface area contributed by atoms with E-state index in [4.69, 9.17) is 10.5 Å². The van der Waals surface area contributed by atoms with Crippen LogP contribution in [0.1, 0.15) is 0 Å². The van der Waals surface area contributed by atoms with Crippen LogP contribution in [0.2, 0.25) is 0 Å². The summed E-state index contributed by atoms with van der Waals surface area (Å²) in [5.74, 6) is 1.52. The Balaban J connectivity index is 2.22. The van der Waals surface area contributed by atoms with Crippen LogP contribution in [0.25, 0.3) is 22.4 Å². The molecule has 1 heterocycles. The lowest BCUT2D eigenvalue weighted by molar-refractivity contribution is 0.416. The molecule has 4 heteroatoms. The van der Waals surface area contributed by atoms with Gasteiger partial charge in [-0.2, -0.15) is 0 Å². The number of nitrogens with two attached hydrogens (primary N) is 1. The highest BCUT2D eigenvalue weighted by Gasteiger charge is 2.10. The summed E-state index contributed by atoms with van der Waals surface area (Å²) in [4.78, 5) is 7.81. The van der Waals surface area contributed by atoms with Crippen molar-refractivity contribution in [2.45, 2.75) is 0 Å². The van der Waals surface area contributed by atoms with Crippen molar-refractivity contribution in [3.63, 3.8) is 0 Å². The van der Waals surface area contributed by atoms with E-state index in [0.717, 1.165) is 28.2 Å². The van der Waals surface area contributed by atoms with Gasteiger partial charge in [-0.15, -0.1) is 0 Å². The molecule has 0 atom stereocenters. The maximum Gasteiger partial charge on any atom is 0.142 e. The second-order valence-electron chi connectivity index (χ2n) is 4.06. The molecule has 3 aromatic rings. The molecule has 3 N–H and O–H groups in total. The van der Waals surface area contributed by atoms with Crippen molar-refractivity contribution in [2.75, 3.05) is 12.8 Å². The summed E-state index contributed by atoms with van der Waals surface area (Å²) in [5, 5.41) is 0. The zero-order chi connectivity index (χ0) is 12.5. The molecule has 0 aliphatic carbocycles. The number of para-hydroxylation sites is 2. The Morgan fingerprint density at radius 1 is 1.17 bits per heavy atom. The molecule has 1 aromatic heterocycles. The number of hydrogen-bond donors (Lipinski definition) is 2. The van der Waals surface area contributed by atoms with Gasteiger partial charge in [-0.05, 0) is 30.3 Å². The number of nitrogen functional groups attached to an aromatic ring is 1. The third-order valence-corrected chi connectivity index (χ3v) is 2.87. The van der Waals surface area contributed by atoms with Crippen LogP contribution in [0.15, 0.2) is 42.5 Å². The molecule has 18 heavy (non-hydrogen) atoms. The fourth-order valence-corrected chi connectivity index (χ4v) is 1.99. The van der Waals surface area contributed by atoms with Crippen LogP contribution in [0, 0.1) is 0 Å². The van der Waals surface area contributed by atoms with Crippen LogP contribution in [-0.2, 0) is 0 Å². The number of aromatic nitrogens is 2. The van der Waals surface area contributed by atoms with Gasteiger partial charge in [0.05, 0.1) is 23.7 Å². The molecule has 0 radical (unpaired) electrons. The number of imidazole rings is 1. The van der Waals surface area contributed by atoms with Crippen molar-refractivity contribution in [2.24, 2.45) is 0 Å². The molecule has 0 bridgehead atoms. The zero-order valence-electron chi connectivity index (χ0n) is 9.97. The van der Waals surface area contributed by atoms with E-state index in [1.54, 1.807) is 7.11 Å². The molecule has 2 aromatic carbocycles. The van der Waals surface area contributed by atoms with Crippen LogP contribution in [0.3, 0.4) is 0 Å². The number of nitrogens with zero attached hydrogens (tertiary/aromatic N) is 1. The lowest BCUT2D eigenvalue weighted by Crippen LogP contribution is -1.92. The van der Waals surface area contributed by atoms with Crippen molar-refractivity contribution in [3.8, 4) is 17.1 Å². The van der Waals surface area contributed by atoms with Gasteiger partial charge in [0.2, 0.25) is 0 Å². The first kappa shape index (κ1) is 10.7. The van der Waals surface area contributed by atoms with E-state index in [1.807, 2.05) is 42.5 Å². The summed E-state index contributed by atoms with van der Waals surface area (Å²) < 4.78 is 5.34. The van der Waals surface area contributed by atoms with Crippen molar-refractivity contribution in [3.05, 3.63) is 42.5 Å². The molecular weight excluding hydrogens is 226 g/mol. The summed E-state index contributed by atoms with van der Waals surface area (Å²) >= 11 is 0. The summed E-state index contributed by atoms with van der Waals surface area (Å²) in [6, 6.07) is 13.4. The summed E-state index contributed by atoms with van der Waals surface area (Å²) in [6.07, 6.45) is 0. The SMILES string of the molecule is COc1ccc(N)cc1-c1nc2ccccc2[nH]1. The minimum absolute atomic E-state index is 0.686. The first-order valence-electron chi connectivity index (χ1n) is 5.66. The fourth-order valence-electron chi connectivity index (χ4n) is 1.99. The van der Waals surface area contributed by atoms with Gasteiger partial charge in [-0.3, -0.25) is 0 Å². The zero-order valence-corrected chi connectivity index (χ0v) is 9.97. The van der Waals surface area contributed by atoms with E-state index in [2.05, 4.69) is 9.97 Å². The topological polar surface area (TPSA) is 63.9 Å². The molecule has 0 aliphatic heterocycles. The number of benzene rings is 2. The summed E-state index contributed by atoms with van der Waals surface area (Å²) in [6.45, 7) is 0. The Bertz CT molecular complexity index is 670. The molecule has 0 saturated carbocycles. The first-order chi connectivity index (χ1) is 8.78. The van der Waals surface area contributed by atoms with Gasteiger partial charge in [0, 0.05) is 5.69 Å². The first-order valence-corrected chi connectivity index (χ1v) is 5.66. The van der Waals surface area contributed by atoms with Gasteiger partial charge in [0.15, 0.2) is 0 Å². The molecule has 4 nitrogen and oxygen atoms in total. The number of anilines is 1. The van der Waals surface area contributed by atoms with Crippen molar-refractivity contribution in [1.82, 2.24) is 9.97 Å². The highest BCUT2D eigenvalue weighted by Crippen LogP contribution is 2.30. The summed E-state index contributed by atoms with van der Waals surface area (Å²) in [5.41, 5.74) is 9.30. The number of fused-ring (bicyclic) bond motifs is 1. The minimum atomic E-state index is 0.686. The molecule has 90 valence electrons. The molecule has 3 rings (SSSR count). The minimum Gasteiger partial charge on any atom is -0.496 e. The molecule has 0 amide bonds. The van der Waals surface area contributed by atoms with E-state index in [0.29, 0.717) is 5.69 Å². The van der Waals surface area contributed by atoms with E-state index in [9.17, 15) is 0 Å². The van der Waals surface area contributed by atoms with Gasteiger partial charge in [-0.25, -0.2) is 4.98 Å². The predicted molar refractivity (Wildman–Crippen MR) is 72.5 cm³/mol. The average Bonchev–Trinajstić information content (AvgIpc) is 2.82. The van der Waals surface area contributed by atoms with Gasteiger partial charge in [0.25, 0.3) is 0 Å². The molecule has 0 spiro atoms. The van der Waals surface area contributed by atoms with E-state index in [1.165, 1.54) is 0 Å². The lowest BCUT2D eigenvalue weighted by Gasteiger charge is -2.06. The second kappa shape index (κ2) is 4.07. The molecule has 0 fully saturated rings. The lowest BCUT2D eigenvalue weighted by atomic mass is 10.1. The monoisotopic (exact) mass is 239 g/mol. The number of H-pyrrole nitrogens is 1. The Kier molecular flexibility index (Phi) is 2.41. The van der Waals surface area contributed by atoms with Crippen LogP contribution in [0.5, 0.6) is 5.75 Å². The average molecular weight is 239 g/mol. The molecular formula is C14H13N3O. The standard InChI is InChI=1S/C14H13N3O/c1-18-13-7-6-9(15)8-10(13)14-16-11-4-2-3-5-12(11)17-14/h2-8H,15H2,1H3,(H,16,17). The smallest absolute Gasteiger partial charge is 0.142 e. The Morgan fingerprint density at radius 3 is 2.78 bits per heavy atom. The highest BCUT2D eigenvalue weighted by atomic mass is 16.5. The number of nitrogens with one attached hydrogen (secondary N) is 1. The van der Waals surface area contributed by atoms with Crippen molar-refractivity contribution in [1.29, 1.82) is 0 Å². The second-order valence-corrected chi connectivity index (χ2v) is 4.06. The van der Waals surface area contributed by atoms with Gasteiger partial charge in [-0.1, -0.05) is 12.1 Å². The number of methoxy groups -OCH3 is 1. The maximum absolute atomic E-state index is 5.82. The van der Waals surface area contributed by atoms with E-state index in [-0.39, 0.29) is 0 Å². The van der Waals surface area contributed by atoms with Crippen molar-refractivity contribution < 1.29 is 4.74 Å². The van der Waals surface area contributed by atoms with E-state index >= 15 is 0 Å². The molecule has 0 saturated heterocycles. The molecule has 0 aliphatic rings. The Labute approximate surface area is 104 Å². The summed E-state index contributed by atoms with van der Waals surface area (Å²) in [7, 11) is 1.64. The number of ether oxygens (including phenoxy) is 1. The molecule has 0 unspecified atom stereocenters. The van der Waals surface area contributed by atoms with Gasteiger partial charge in [0.1, 0.15) is 11.6 Å². The Hall–Kier alpha value is -2.49. The third kappa shape index (κ3) is 1.68. The number of hydrogen-bond acceptors (Lipinski definition) is 3. The van der Waals surface area contributed by atoms with Crippen molar-refractivity contribution >= 4 is 16.7 Å². The highest BCUT2D eigenvalue weighted by molar-refractivity contribution is 5.81. The van der Waals surface area contributed by atoms with Crippen LogP contribution < -0.4 is 10.5 Å². The van der Waals surface area contributed by atoms with Gasteiger partial charge >= 0.3 is 0 Å². The Morgan fingerprint density at radius 2 is 2.00 bits per heavy atom. The quantitative estimate of drug-likeness (QED) is 0.676.